The second-order valence-electron chi connectivity index (χ2n) is 1.87. The van der Waals surface area contributed by atoms with Gasteiger partial charge in [0.2, 0.25) is 0 Å². The van der Waals surface area contributed by atoms with Crippen molar-refractivity contribution in [3.8, 4) is 0 Å². The summed E-state index contributed by atoms with van der Waals surface area (Å²) >= 11 is 0. The maximum atomic E-state index is 5.46. The third-order valence-corrected chi connectivity index (χ3v) is 1.09. The van der Waals surface area contributed by atoms with Crippen LogP contribution in [0, 0.1) is 0 Å². The summed E-state index contributed by atoms with van der Waals surface area (Å²) in [5, 5.41) is 3.06. The van der Waals surface area contributed by atoms with Gasteiger partial charge in [0.15, 0.2) is 0 Å². The van der Waals surface area contributed by atoms with Gasteiger partial charge in [-0.15, -0.1) is 0 Å². The Labute approximate surface area is 43.4 Å². The molecule has 1 atom stereocenters. The Morgan fingerprint density at radius 2 is 2.71 bits per heavy atom. The van der Waals surface area contributed by atoms with E-state index in [1.54, 1.807) is 0 Å². The van der Waals surface area contributed by atoms with Crippen LogP contribution in [0.3, 0.4) is 0 Å². The molecule has 1 heterocycles. The molecule has 0 aromatic rings. The van der Waals surface area contributed by atoms with Crippen LogP contribution in [0.1, 0.15) is 13.3 Å². The lowest BCUT2D eigenvalue weighted by molar-refractivity contribution is 0.641. The highest BCUT2D eigenvalue weighted by Crippen LogP contribution is 2.01. The number of rotatable bonds is 0. The predicted octanol–water partition coefficient (Wildman–Crippen LogP) is 0.168. The molecule has 0 saturated carbocycles. The van der Waals surface area contributed by atoms with Crippen LogP contribution >= 0.6 is 0 Å². The maximum absolute atomic E-state index is 5.46. The third kappa shape index (κ3) is 0.933. The van der Waals surface area contributed by atoms with Crippen molar-refractivity contribution in [1.82, 2.24) is 5.32 Å². The van der Waals surface area contributed by atoms with Crippen LogP contribution in [0.5, 0.6) is 0 Å². The first kappa shape index (κ1) is 4.65. The average Bonchev–Trinajstić information content (AvgIpc) is 1.87. The minimum Gasteiger partial charge on any atom is -0.374 e. The number of nitrogens with one attached hydrogen (secondary N) is 1. The number of nitrogens with two attached hydrogens (primary N) is 1. The topological polar surface area (TPSA) is 38.0 Å². The average molecular weight is 98.1 g/mol. The van der Waals surface area contributed by atoms with Crippen LogP contribution in [-0.2, 0) is 0 Å². The SMILES string of the molecule is CC1=CCC(N)N1. The van der Waals surface area contributed by atoms with E-state index in [4.69, 9.17) is 5.73 Å². The highest BCUT2D eigenvalue weighted by Gasteiger charge is 2.04. The second kappa shape index (κ2) is 1.54. The molecule has 7 heavy (non-hydrogen) atoms. The number of hydrogen-bond acceptors (Lipinski definition) is 2. The van der Waals surface area contributed by atoms with Crippen molar-refractivity contribution < 1.29 is 0 Å². The van der Waals surface area contributed by atoms with E-state index in [2.05, 4.69) is 11.4 Å². The molecule has 2 heteroatoms. The van der Waals surface area contributed by atoms with Gasteiger partial charge in [0, 0.05) is 12.1 Å². The zero-order valence-electron chi connectivity index (χ0n) is 4.44. The first-order valence-electron chi connectivity index (χ1n) is 2.48. The van der Waals surface area contributed by atoms with E-state index in [0.717, 1.165) is 6.42 Å². The van der Waals surface area contributed by atoms with Gasteiger partial charge < -0.3 is 11.1 Å². The molecular weight excluding hydrogens is 88.1 g/mol. The first-order valence-corrected chi connectivity index (χ1v) is 2.48. The molecule has 2 nitrogen and oxygen atoms in total. The van der Waals surface area contributed by atoms with E-state index in [9.17, 15) is 0 Å². The molecule has 1 unspecified atom stereocenters. The molecule has 1 rings (SSSR count). The molecule has 0 aromatic carbocycles. The summed E-state index contributed by atoms with van der Waals surface area (Å²) in [6, 6.07) is 0. The molecule has 0 saturated heterocycles. The van der Waals surface area contributed by atoms with Crippen LogP contribution in [0.2, 0.25) is 0 Å². The van der Waals surface area contributed by atoms with Crippen LogP contribution < -0.4 is 11.1 Å². The summed E-state index contributed by atoms with van der Waals surface area (Å²) in [5.74, 6) is 0. The van der Waals surface area contributed by atoms with Crippen molar-refractivity contribution >= 4 is 0 Å². The lowest BCUT2D eigenvalue weighted by atomic mass is 10.4. The monoisotopic (exact) mass is 98.1 g/mol. The van der Waals surface area contributed by atoms with Crippen LogP contribution in [0.4, 0.5) is 0 Å². The minimum atomic E-state index is 0.181. The maximum Gasteiger partial charge on any atom is 0.0775 e. The number of allylic oxidation sites excluding steroid dienone is 1. The van der Waals surface area contributed by atoms with Gasteiger partial charge >= 0.3 is 0 Å². The highest BCUT2D eigenvalue weighted by atomic mass is 15.0. The van der Waals surface area contributed by atoms with Gasteiger partial charge in [0.05, 0.1) is 6.17 Å². The van der Waals surface area contributed by atoms with Crippen molar-refractivity contribution in [2.75, 3.05) is 0 Å². The third-order valence-electron chi connectivity index (χ3n) is 1.09. The van der Waals surface area contributed by atoms with Gasteiger partial charge in [-0.05, 0) is 6.92 Å². The van der Waals surface area contributed by atoms with E-state index in [1.165, 1.54) is 5.70 Å². The molecule has 1 aliphatic heterocycles. The van der Waals surface area contributed by atoms with Crippen LogP contribution in [0.25, 0.3) is 0 Å². The van der Waals surface area contributed by atoms with E-state index in [1.807, 2.05) is 6.92 Å². The van der Waals surface area contributed by atoms with Gasteiger partial charge in [0.1, 0.15) is 0 Å². The molecule has 0 aliphatic carbocycles. The second-order valence-corrected chi connectivity index (χ2v) is 1.87. The Hall–Kier alpha value is -0.500. The number of hydrogen-bond donors (Lipinski definition) is 2. The molecule has 3 N–H and O–H groups in total. The van der Waals surface area contributed by atoms with Gasteiger partial charge in [-0.2, -0.15) is 0 Å². The molecule has 0 radical (unpaired) electrons. The Morgan fingerprint density at radius 3 is 2.86 bits per heavy atom. The fourth-order valence-electron chi connectivity index (χ4n) is 0.714. The first-order chi connectivity index (χ1) is 3.29. The fourth-order valence-corrected chi connectivity index (χ4v) is 0.714. The van der Waals surface area contributed by atoms with Gasteiger partial charge in [0.25, 0.3) is 0 Å². The lowest BCUT2D eigenvalue weighted by Gasteiger charge is -2.02. The predicted molar refractivity (Wildman–Crippen MR) is 29.5 cm³/mol. The molecule has 1 aliphatic rings. The summed E-state index contributed by atoms with van der Waals surface area (Å²) in [4.78, 5) is 0. The van der Waals surface area contributed by atoms with Gasteiger partial charge in [-0.3, -0.25) is 0 Å². The Morgan fingerprint density at radius 1 is 2.00 bits per heavy atom. The minimum absolute atomic E-state index is 0.181. The van der Waals surface area contributed by atoms with E-state index in [-0.39, 0.29) is 6.17 Å². The lowest BCUT2D eigenvalue weighted by Crippen LogP contribution is -2.30. The van der Waals surface area contributed by atoms with E-state index < -0.39 is 0 Å². The molecule has 0 fully saturated rings. The summed E-state index contributed by atoms with van der Waals surface area (Å²) in [6.07, 6.45) is 3.26. The largest absolute Gasteiger partial charge is 0.374 e. The zero-order chi connectivity index (χ0) is 5.28. The molecule has 0 aromatic heterocycles. The van der Waals surface area contributed by atoms with Crippen molar-refractivity contribution in [1.29, 1.82) is 0 Å². The van der Waals surface area contributed by atoms with Gasteiger partial charge in [-0.1, -0.05) is 6.08 Å². The van der Waals surface area contributed by atoms with E-state index >= 15 is 0 Å². The summed E-state index contributed by atoms with van der Waals surface area (Å²) in [6.45, 7) is 2.02. The van der Waals surface area contributed by atoms with Crippen LogP contribution in [0.15, 0.2) is 11.8 Å². The Bertz CT molecular complexity index is 96.3. The van der Waals surface area contributed by atoms with Crippen LogP contribution in [-0.4, -0.2) is 6.17 Å². The van der Waals surface area contributed by atoms with Crippen molar-refractivity contribution in [2.24, 2.45) is 5.73 Å². The fraction of sp³-hybridized carbons (Fsp3) is 0.600. The van der Waals surface area contributed by atoms with Crippen molar-refractivity contribution in [3.05, 3.63) is 11.8 Å². The standard InChI is InChI=1S/C5H10N2/c1-4-2-3-5(6)7-4/h2,5,7H,3,6H2,1H3. The molecule has 0 spiro atoms. The van der Waals surface area contributed by atoms with Gasteiger partial charge in [-0.25, -0.2) is 0 Å². The zero-order valence-corrected chi connectivity index (χ0v) is 4.44. The van der Waals surface area contributed by atoms with Crippen molar-refractivity contribution in [2.45, 2.75) is 19.5 Å². The molecule has 0 bridgehead atoms. The molecule has 0 amide bonds. The Balaban J connectivity index is 2.42. The summed E-state index contributed by atoms with van der Waals surface area (Å²) in [5.41, 5.74) is 6.66. The molecule has 40 valence electrons. The van der Waals surface area contributed by atoms with E-state index in [0.29, 0.717) is 0 Å². The summed E-state index contributed by atoms with van der Waals surface area (Å²) < 4.78 is 0. The molecular formula is C5H10N2. The quantitative estimate of drug-likeness (QED) is 0.453. The Kier molecular flexibility index (Phi) is 1.02. The highest BCUT2D eigenvalue weighted by molar-refractivity contribution is 5.04. The summed E-state index contributed by atoms with van der Waals surface area (Å²) in [7, 11) is 0. The normalized spacial score (nSPS) is 29.4. The smallest absolute Gasteiger partial charge is 0.0775 e. The van der Waals surface area contributed by atoms with Crippen molar-refractivity contribution in [3.63, 3.8) is 0 Å².